The average Bonchev–Trinajstić information content (AvgIpc) is 2.98. The van der Waals surface area contributed by atoms with Crippen LogP contribution in [0.3, 0.4) is 0 Å². The minimum Gasteiger partial charge on any atom is -0.378 e. The number of carbonyl (C=O) groups is 2. The number of hydrogen-bond acceptors (Lipinski definition) is 4. The number of nitrogens with two attached hydrogens (primary N) is 1. The predicted octanol–water partition coefficient (Wildman–Crippen LogP) is 0.258. The first-order chi connectivity index (χ1) is 9.83. The molecule has 2 unspecified atom stereocenters. The van der Waals surface area contributed by atoms with Crippen molar-refractivity contribution in [3.05, 3.63) is 0 Å². The molecule has 1 heterocycles. The van der Waals surface area contributed by atoms with E-state index in [9.17, 15) is 9.59 Å². The lowest BCUT2D eigenvalue weighted by molar-refractivity contribution is -0.171. The van der Waals surface area contributed by atoms with Gasteiger partial charge in [-0.25, -0.2) is 0 Å². The van der Waals surface area contributed by atoms with E-state index in [0.29, 0.717) is 13.0 Å². The molecule has 120 valence electrons. The van der Waals surface area contributed by atoms with Crippen LogP contribution < -0.4 is 11.1 Å². The Bertz CT molecular complexity index is 418. The lowest BCUT2D eigenvalue weighted by Crippen LogP contribution is -2.76. The monoisotopic (exact) mass is 297 g/mol. The summed E-state index contributed by atoms with van der Waals surface area (Å²) in [4.78, 5) is 26.1. The largest absolute Gasteiger partial charge is 0.378 e. The van der Waals surface area contributed by atoms with Gasteiger partial charge < -0.3 is 20.7 Å². The molecule has 0 aromatic carbocycles. The van der Waals surface area contributed by atoms with E-state index in [1.807, 2.05) is 20.8 Å². The van der Waals surface area contributed by atoms with Crippen molar-refractivity contribution in [2.75, 3.05) is 26.2 Å². The number of amides is 2. The molecular weight excluding hydrogens is 270 g/mol. The molecule has 6 heteroatoms. The molecule has 0 bridgehead atoms. The molecule has 3 N–H and O–H groups in total. The first kappa shape index (κ1) is 16.2. The second-order valence-corrected chi connectivity index (χ2v) is 6.61. The van der Waals surface area contributed by atoms with Crippen LogP contribution >= 0.6 is 0 Å². The van der Waals surface area contributed by atoms with Crippen molar-refractivity contribution < 1.29 is 14.3 Å². The highest BCUT2D eigenvalue weighted by molar-refractivity contribution is 5.92. The third-order valence-corrected chi connectivity index (χ3v) is 5.09. The Morgan fingerprint density at radius 1 is 1.33 bits per heavy atom. The fourth-order valence-corrected chi connectivity index (χ4v) is 3.21. The number of hydrogen-bond donors (Lipinski definition) is 2. The van der Waals surface area contributed by atoms with Gasteiger partial charge in [0.2, 0.25) is 11.8 Å². The van der Waals surface area contributed by atoms with Crippen molar-refractivity contribution in [3.8, 4) is 0 Å². The Kier molecular flexibility index (Phi) is 4.58. The fraction of sp³-hybridized carbons (Fsp3) is 0.867. The molecular formula is C15H27N3O3. The Morgan fingerprint density at radius 2 is 1.95 bits per heavy atom. The van der Waals surface area contributed by atoms with Gasteiger partial charge in [-0.15, -0.1) is 0 Å². The second-order valence-electron chi connectivity index (χ2n) is 6.61. The maximum Gasteiger partial charge on any atom is 0.241 e. The van der Waals surface area contributed by atoms with Gasteiger partial charge in [0, 0.05) is 31.5 Å². The van der Waals surface area contributed by atoms with E-state index in [1.165, 1.54) is 0 Å². The fourth-order valence-electron chi connectivity index (χ4n) is 3.21. The molecule has 2 aliphatic rings. The summed E-state index contributed by atoms with van der Waals surface area (Å²) in [6, 6.07) is 0. The van der Waals surface area contributed by atoms with E-state index in [0.717, 1.165) is 25.9 Å². The van der Waals surface area contributed by atoms with Gasteiger partial charge in [-0.2, -0.15) is 0 Å². The van der Waals surface area contributed by atoms with Crippen LogP contribution in [0.1, 0.15) is 40.0 Å². The average molecular weight is 297 g/mol. The van der Waals surface area contributed by atoms with Crippen LogP contribution in [0.25, 0.3) is 0 Å². The van der Waals surface area contributed by atoms with Crippen LogP contribution in [0, 0.1) is 5.41 Å². The molecule has 0 aromatic heterocycles. The number of carbonyl (C=O) groups excluding carboxylic acids is 2. The topological polar surface area (TPSA) is 84.7 Å². The van der Waals surface area contributed by atoms with E-state index in [-0.39, 0.29) is 24.5 Å². The predicted molar refractivity (Wildman–Crippen MR) is 79.6 cm³/mol. The van der Waals surface area contributed by atoms with Gasteiger partial charge in [-0.3, -0.25) is 9.59 Å². The molecule has 0 spiro atoms. The molecule has 0 aromatic rings. The van der Waals surface area contributed by atoms with Gasteiger partial charge in [-0.05, 0) is 19.8 Å². The minimum atomic E-state index is -0.960. The van der Waals surface area contributed by atoms with E-state index >= 15 is 0 Å². The van der Waals surface area contributed by atoms with Crippen molar-refractivity contribution in [2.45, 2.75) is 51.7 Å². The first-order valence-corrected chi connectivity index (χ1v) is 7.79. The van der Waals surface area contributed by atoms with Crippen molar-refractivity contribution in [3.63, 3.8) is 0 Å². The van der Waals surface area contributed by atoms with Crippen molar-refractivity contribution in [1.82, 2.24) is 10.2 Å². The van der Waals surface area contributed by atoms with Crippen LogP contribution in [-0.2, 0) is 14.3 Å². The lowest BCUT2D eigenvalue weighted by Gasteiger charge is -2.57. The molecule has 1 aliphatic heterocycles. The number of nitrogens with one attached hydrogen (secondary N) is 1. The summed E-state index contributed by atoms with van der Waals surface area (Å²) in [6.07, 6.45) is 2.58. The van der Waals surface area contributed by atoms with E-state index < -0.39 is 11.0 Å². The van der Waals surface area contributed by atoms with Crippen molar-refractivity contribution in [2.24, 2.45) is 11.1 Å². The van der Waals surface area contributed by atoms with Crippen LogP contribution in [0.2, 0.25) is 0 Å². The first-order valence-electron chi connectivity index (χ1n) is 7.79. The molecule has 2 atom stereocenters. The van der Waals surface area contributed by atoms with Gasteiger partial charge >= 0.3 is 0 Å². The highest BCUT2D eigenvalue weighted by Crippen LogP contribution is 2.49. The van der Waals surface area contributed by atoms with Gasteiger partial charge in [0.05, 0.1) is 12.6 Å². The summed E-state index contributed by atoms with van der Waals surface area (Å²) >= 11 is 0. The third-order valence-electron chi connectivity index (χ3n) is 5.09. The Hall–Kier alpha value is -1.14. The number of likely N-dealkylation sites (tertiary alicyclic amines) is 1. The third kappa shape index (κ3) is 2.79. The summed E-state index contributed by atoms with van der Waals surface area (Å²) in [6.45, 7) is 8.05. The zero-order valence-electron chi connectivity index (χ0n) is 13.3. The lowest BCUT2D eigenvalue weighted by atomic mass is 9.54. The zero-order valence-corrected chi connectivity index (χ0v) is 13.3. The maximum absolute atomic E-state index is 12.4. The van der Waals surface area contributed by atoms with Crippen LogP contribution in [0.5, 0.6) is 0 Å². The SMILES string of the molecule is CCOC1CC(N)(C(=O)NCC(=O)N2CCCC2)C1(C)C. The van der Waals surface area contributed by atoms with Crippen LogP contribution in [-0.4, -0.2) is 54.6 Å². The van der Waals surface area contributed by atoms with Crippen molar-refractivity contribution in [1.29, 1.82) is 0 Å². The standard InChI is InChI=1S/C15H27N3O3/c1-4-21-11-9-15(16,14(11,2)3)13(20)17-10-12(19)18-7-5-6-8-18/h11H,4-10,16H2,1-3H3,(H,17,20). The molecule has 2 amide bonds. The Balaban J connectivity index is 1.87. The quantitative estimate of drug-likeness (QED) is 0.762. The molecule has 21 heavy (non-hydrogen) atoms. The zero-order chi connectivity index (χ0) is 15.7. The summed E-state index contributed by atoms with van der Waals surface area (Å²) in [7, 11) is 0. The second kappa shape index (κ2) is 5.93. The van der Waals surface area contributed by atoms with Gasteiger partial charge in [0.1, 0.15) is 5.54 Å². The molecule has 1 aliphatic carbocycles. The highest BCUT2D eigenvalue weighted by atomic mass is 16.5. The number of ether oxygens (including phenoxy) is 1. The van der Waals surface area contributed by atoms with Crippen molar-refractivity contribution >= 4 is 11.8 Å². The summed E-state index contributed by atoms with van der Waals surface area (Å²) in [5.41, 5.74) is 4.88. The molecule has 6 nitrogen and oxygen atoms in total. The van der Waals surface area contributed by atoms with E-state index in [4.69, 9.17) is 10.5 Å². The number of rotatable bonds is 5. The Labute approximate surface area is 126 Å². The summed E-state index contributed by atoms with van der Waals surface area (Å²) in [5, 5.41) is 2.71. The Morgan fingerprint density at radius 3 is 2.48 bits per heavy atom. The van der Waals surface area contributed by atoms with Gasteiger partial charge in [0.15, 0.2) is 0 Å². The van der Waals surface area contributed by atoms with Crippen LogP contribution in [0.15, 0.2) is 0 Å². The van der Waals surface area contributed by atoms with E-state index in [2.05, 4.69) is 5.32 Å². The normalized spacial score (nSPS) is 30.9. The van der Waals surface area contributed by atoms with Crippen LogP contribution in [0.4, 0.5) is 0 Å². The summed E-state index contributed by atoms with van der Waals surface area (Å²) in [5.74, 6) is -0.279. The smallest absolute Gasteiger partial charge is 0.241 e. The molecule has 0 radical (unpaired) electrons. The summed E-state index contributed by atoms with van der Waals surface area (Å²) < 4.78 is 5.61. The minimum absolute atomic E-state index is 0.00691. The van der Waals surface area contributed by atoms with E-state index in [1.54, 1.807) is 4.90 Å². The molecule has 1 saturated carbocycles. The molecule has 1 saturated heterocycles. The number of nitrogens with zero attached hydrogens (tertiary/aromatic N) is 1. The van der Waals surface area contributed by atoms with Gasteiger partial charge in [-0.1, -0.05) is 13.8 Å². The molecule has 2 fully saturated rings. The molecule has 2 rings (SSSR count). The van der Waals surface area contributed by atoms with Gasteiger partial charge in [0.25, 0.3) is 0 Å². The highest BCUT2D eigenvalue weighted by Gasteiger charge is 2.62. The maximum atomic E-state index is 12.4.